The molecule has 0 bridgehead atoms. The monoisotopic (exact) mass is 416 g/mol. The molecule has 0 radical (unpaired) electrons. The van der Waals surface area contributed by atoms with Gasteiger partial charge in [-0.3, -0.25) is 19.7 Å². The number of imidazole rings is 1. The molecular formula is C21H28N4O3S. The fourth-order valence-electron chi connectivity index (χ4n) is 3.33. The molecule has 1 amide bonds. The third-order valence-electron chi connectivity index (χ3n) is 4.82. The van der Waals surface area contributed by atoms with Gasteiger partial charge < -0.3 is 4.74 Å². The number of thioether (sulfide) groups is 1. The maximum Gasteiger partial charge on any atom is 0.338 e. The van der Waals surface area contributed by atoms with Gasteiger partial charge in [-0.2, -0.15) is 0 Å². The van der Waals surface area contributed by atoms with Gasteiger partial charge in [0.25, 0.3) is 0 Å². The van der Waals surface area contributed by atoms with E-state index in [4.69, 9.17) is 9.73 Å². The van der Waals surface area contributed by atoms with Gasteiger partial charge >= 0.3 is 5.97 Å². The highest BCUT2D eigenvalue weighted by Gasteiger charge is 2.23. The Labute approximate surface area is 175 Å². The second kappa shape index (κ2) is 10.4. The van der Waals surface area contributed by atoms with Crippen LogP contribution in [0.5, 0.6) is 0 Å². The van der Waals surface area contributed by atoms with Gasteiger partial charge in [-0.05, 0) is 31.0 Å². The first-order valence-corrected chi connectivity index (χ1v) is 11.3. The minimum atomic E-state index is -0.349. The van der Waals surface area contributed by atoms with E-state index in [1.54, 1.807) is 23.9 Å². The van der Waals surface area contributed by atoms with Crippen LogP contribution in [0, 0.1) is 0 Å². The van der Waals surface area contributed by atoms with Crippen LogP contribution in [-0.4, -0.2) is 45.5 Å². The third-order valence-corrected chi connectivity index (χ3v) is 5.92. The number of aliphatic imine (C=N–C) groups is 1. The lowest BCUT2D eigenvalue weighted by atomic mass is 10.2. The first kappa shape index (κ1) is 21.4. The summed E-state index contributed by atoms with van der Waals surface area (Å²) in [6.45, 7) is 4.72. The first-order chi connectivity index (χ1) is 14.2. The molecule has 7 nitrogen and oxygen atoms in total. The van der Waals surface area contributed by atoms with E-state index < -0.39 is 0 Å². The molecule has 1 atom stereocenters. The van der Waals surface area contributed by atoms with Crippen LogP contribution in [0.15, 0.2) is 23.2 Å². The van der Waals surface area contributed by atoms with Crippen LogP contribution in [0.3, 0.4) is 0 Å². The Bertz CT molecular complexity index is 893. The van der Waals surface area contributed by atoms with Crippen molar-refractivity contribution < 1.29 is 14.3 Å². The number of amides is 1. The molecule has 29 heavy (non-hydrogen) atoms. The van der Waals surface area contributed by atoms with Crippen LogP contribution in [0.4, 0.5) is 5.95 Å². The normalized spacial score (nSPS) is 16.1. The van der Waals surface area contributed by atoms with E-state index in [1.807, 2.05) is 10.6 Å². The second-order valence-corrected chi connectivity index (χ2v) is 8.09. The van der Waals surface area contributed by atoms with Crippen molar-refractivity contribution in [3.05, 3.63) is 23.8 Å². The number of carbonyl (C=O) groups is 2. The Hall–Kier alpha value is -2.35. The molecule has 2 aromatic rings. The minimum Gasteiger partial charge on any atom is -0.462 e. The summed E-state index contributed by atoms with van der Waals surface area (Å²) < 4.78 is 7.23. The van der Waals surface area contributed by atoms with E-state index in [2.05, 4.69) is 24.1 Å². The second-order valence-electron chi connectivity index (χ2n) is 7.10. The van der Waals surface area contributed by atoms with Crippen molar-refractivity contribution in [2.75, 3.05) is 17.7 Å². The quantitative estimate of drug-likeness (QED) is 0.351. The Kier molecular flexibility index (Phi) is 7.69. The summed E-state index contributed by atoms with van der Waals surface area (Å²) in [7, 11) is 0. The van der Waals surface area contributed by atoms with Crippen LogP contribution in [0.2, 0.25) is 0 Å². The van der Waals surface area contributed by atoms with Crippen molar-refractivity contribution >= 4 is 46.3 Å². The lowest BCUT2D eigenvalue weighted by molar-refractivity contribution is -0.105. The van der Waals surface area contributed by atoms with E-state index in [0.717, 1.165) is 55.0 Å². The van der Waals surface area contributed by atoms with Gasteiger partial charge in [0.15, 0.2) is 5.17 Å². The van der Waals surface area contributed by atoms with Gasteiger partial charge in [0.05, 0.1) is 29.2 Å². The van der Waals surface area contributed by atoms with Crippen LogP contribution in [0.25, 0.3) is 11.0 Å². The summed E-state index contributed by atoms with van der Waals surface area (Å²) >= 11 is 1.66. The number of anilines is 1. The maximum absolute atomic E-state index is 12.4. The van der Waals surface area contributed by atoms with Crippen molar-refractivity contribution in [3.8, 4) is 0 Å². The van der Waals surface area contributed by atoms with E-state index in [-0.39, 0.29) is 12.0 Å². The number of hydrogen-bond donors (Lipinski definition) is 1. The predicted octanol–water partition coefficient (Wildman–Crippen LogP) is 4.46. The molecule has 1 aromatic heterocycles. The molecule has 1 aliphatic rings. The number of carbonyl (C=O) groups excluding carboxylic acids is 2. The highest BCUT2D eigenvalue weighted by atomic mass is 32.2. The summed E-state index contributed by atoms with van der Waals surface area (Å²) in [6.07, 6.45) is 6.95. The zero-order valence-electron chi connectivity index (χ0n) is 17.0. The van der Waals surface area contributed by atoms with Crippen molar-refractivity contribution in [2.45, 2.75) is 58.4 Å². The van der Waals surface area contributed by atoms with E-state index in [1.165, 1.54) is 0 Å². The molecule has 156 valence electrons. The van der Waals surface area contributed by atoms with E-state index in [9.17, 15) is 9.59 Å². The van der Waals surface area contributed by atoms with Crippen molar-refractivity contribution in [3.63, 3.8) is 0 Å². The first-order valence-electron chi connectivity index (χ1n) is 10.3. The van der Waals surface area contributed by atoms with Gasteiger partial charge in [-0.1, -0.05) is 51.3 Å². The Morgan fingerprint density at radius 1 is 1.31 bits per heavy atom. The molecule has 0 saturated carbocycles. The van der Waals surface area contributed by atoms with Crippen LogP contribution < -0.4 is 5.32 Å². The number of fused-ring (bicyclic) bond motifs is 1. The summed E-state index contributed by atoms with van der Waals surface area (Å²) in [5.74, 6) is 0.980. The maximum atomic E-state index is 12.4. The number of unbranched alkanes of at least 4 members (excludes halogenated alkanes) is 3. The van der Waals surface area contributed by atoms with Gasteiger partial charge in [-0.25, -0.2) is 9.78 Å². The largest absolute Gasteiger partial charge is 0.462 e. The highest BCUT2D eigenvalue weighted by Crippen LogP contribution is 2.29. The van der Waals surface area contributed by atoms with Crippen molar-refractivity contribution in [1.29, 1.82) is 0 Å². The van der Waals surface area contributed by atoms with Crippen molar-refractivity contribution in [2.24, 2.45) is 4.99 Å². The van der Waals surface area contributed by atoms with Gasteiger partial charge in [-0.15, -0.1) is 0 Å². The fourth-order valence-corrected chi connectivity index (χ4v) is 4.45. The zero-order valence-corrected chi connectivity index (χ0v) is 17.8. The molecule has 1 aliphatic heterocycles. The summed E-state index contributed by atoms with van der Waals surface area (Å²) in [5.41, 5.74) is 1.88. The average Bonchev–Trinajstić information content (AvgIpc) is 3.31. The van der Waals surface area contributed by atoms with Crippen LogP contribution in [0.1, 0.15) is 62.7 Å². The van der Waals surface area contributed by atoms with Crippen molar-refractivity contribution in [1.82, 2.24) is 9.55 Å². The van der Waals surface area contributed by atoms with E-state index >= 15 is 0 Å². The van der Waals surface area contributed by atoms with Crippen LogP contribution in [-0.2, 0) is 9.53 Å². The standard InChI is InChI=1S/C21H28N4O3S/c1-3-5-6-7-11-28-19(27)15-9-10-18-17(12-15)24-20(22-14-26)25(18)21-23-16(8-4-2)13-29-21/h9-10,12,14,16H,3-8,11,13H2,1-2H3,(H,22,24,26). The van der Waals surface area contributed by atoms with Gasteiger partial charge in [0.2, 0.25) is 12.4 Å². The third kappa shape index (κ3) is 5.18. The summed E-state index contributed by atoms with van der Waals surface area (Å²) in [5, 5.41) is 3.47. The molecule has 1 unspecified atom stereocenters. The van der Waals surface area contributed by atoms with Gasteiger partial charge in [0, 0.05) is 5.75 Å². The average molecular weight is 417 g/mol. The predicted molar refractivity (Wildman–Crippen MR) is 118 cm³/mol. The Morgan fingerprint density at radius 3 is 2.93 bits per heavy atom. The minimum absolute atomic E-state index is 0.281. The molecule has 3 rings (SSSR count). The molecule has 0 saturated heterocycles. The highest BCUT2D eigenvalue weighted by molar-refractivity contribution is 8.14. The fraction of sp³-hybridized carbons (Fsp3) is 0.524. The molecule has 0 aliphatic carbocycles. The Morgan fingerprint density at radius 2 is 2.17 bits per heavy atom. The number of ether oxygens (including phenoxy) is 1. The zero-order chi connectivity index (χ0) is 20.6. The molecule has 8 heteroatoms. The number of esters is 1. The summed E-state index contributed by atoms with van der Waals surface area (Å²) in [6, 6.07) is 5.56. The Balaban J connectivity index is 1.82. The molecule has 1 aromatic carbocycles. The number of benzene rings is 1. The number of rotatable bonds is 10. The summed E-state index contributed by atoms with van der Waals surface area (Å²) in [4.78, 5) is 32.7. The van der Waals surface area contributed by atoms with Crippen LogP contribution >= 0.6 is 11.8 Å². The number of nitrogens with zero attached hydrogens (tertiary/aromatic N) is 3. The molecule has 1 N–H and O–H groups in total. The smallest absolute Gasteiger partial charge is 0.338 e. The lowest BCUT2D eigenvalue weighted by Gasteiger charge is -2.07. The SMILES string of the molecule is CCCCCCOC(=O)c1ccc2c(c1)nc(NC=O)n2C1=NC(CCC)CS1. The molecule has 0 fully saturated rings. The lowest BCUT2D eigenvalue weighted by Crippen LogP contribution is -2.11. The molecule has 0 spiro atoms. The number of aromatic nitrogens is 2. The molecule has 2 heterocycles. The molecular weight excluding hydrogens is 388 g/mol. The topological polar surface area (TPSA) is 85.6 Å². The number of nitrogens with one attached hydrogen (secondary N) is 1. The number of hydrogen-bond acceptors (Lipinski definition) is 6. The van der Waals surface area contributed by atoms with Gasteiger partial charge in [0.1, 0.15) is 0 Å². The van der Waals surface area contributed by atoms with E-state index in [0.29, 0.717) is 30.0 Å².